The average molecular weight is 327 g/mol. The number of nitrogens with one attached hydrogen (secondary N) is 2. The van der Waals surface area contributed by atoms with E-state index in [1.165, 1.54) is 24.0 Å². The van der Waals surface area contributed by atoms with Crippen molar-refractivity contribution in [3.8, 4) is 0 Å². The third-order valence-electron chi connectivity index (χ3n) is 2.74. The standard InChI is InChI=1S/C12H8F3N5OS/c13-12(14,15)10-17-7-3-1-2-6(9(7)19-10)4-16-20-11-18-8(21)5-22-11/h1-4H,5H2,(H,17,19)(H,18,20,21). The van der Waals surface area contributed by atoms with E-state index in [1.807, 2.05) is 0 Å². The number of aromatic nitrogens is 2. The summed E-state index contributed by atoms with van der Waals surface area (Å²) in [6, 6.07) is 4.66. The summed E-state index contributed by atoms with van der Waals surface area (Å²) in [5.41, 5.74) is 0.803. The highest BCUT2D eigenvalue weighted by atomic mass is 32.2. The van der Waals surface area contributed by atoms with Crippen molar-refractivity contribution in [3.63, 3.8) is 0 Å². The van der Waals surface area contributed by atoms with Gasteiger partial charge in [0, 0.05) is 5.56 Å². The molecule has 1 saturated heterocycles. The molecule has 3 rings (SSSR count). The molecule has 2 heterocycles. The van der Waals surface area contributed by atoms with E-state index in [9.17, 15) is 18.0 Å². The molecule has 1 fully saturated rings. The molecule has 0 aliphatic carbocycles. The number of alkyl halides is 3. The number of hydrogen-bond donors (Lipinski definition) is 2. The molecule has 1 aliphatic rings. The second kappa shape index (κ2) is 5.44. The Morgan fingerprint density at radius 2 is 2.18 bits per heavy atom. The first kappa shape index (κ1) is 14.6. The fourth-order valence-corrected chi connectivity index (χ4v) is 2.45. The normalized spacial score (nSPS) is 17.8. The van der Waals surface area contributed by atoms with E-state index in [4.69, 9.17) is 0 Å². The number of imidazole rings is 1. The number of halogens is 3. The predicted molar refractivity (Wildman–Crippen MR) is 76.7 cm³/mol. The SMILES string of the molecule is O=C1CSC(=NN=Cc2cccc3[nH]c(C(F)(F)F)nc23)N1. The zero-order valence-corrected chi connectivity index (χ0v) is 11.6. The van der Waals surface area contributed by atoms with Crippen molar-refractivity contribution in [2.45, 2.75) is 6.18 Å². The third kappa shape index (κ3) is 2.96. The van der Waals surface area contributed by atoms with Gasteiger partial charge in [0.2, 0.25) is 11.7 Å². The summed E-state index contributed by atoms with van der Waals surface area (Å²) < 4.78 is 38.0. The second-order valence-corrected chi connectivity index (χ2v) is 5.28. The number of rotatable bonds is 2. The summed E-state index contributed by atoms with van der Waals surface area (Å²) in [5.74, 6) is -0.949. The van der Waals surface area contributed by atoms with Crippen LogP contribution in [-0.4, -0.2) is 33.0 Å². The molecule has 114 valence electrons. The molecule has 0 unspecified atom stereocenters. The van der Waals surface area contributed by atoms with Crippen LogP contribution in [0.2, 0.25) is 0 Å². The molecule has 0 bridgehead atoms. The summed E-state index contributed by atoms with van der Waals surface area (Å²) in [6.07, 6.45) is -3.25. The largest absolute Gasteiger partial charge is 0.449 e. The second-order valence-electron chi connectivity index (χ2n) is 4.31. The fraction of sp³-hybridized carbons (Fsp3) is 0.167. The Bertz CT molecular complexity index is 796. The lowest BCUT2D eigenvalue weighted by Gasteiger charge is -1.99. The number of fused-ring (bicyclic) bond motifs is 1. The highest BCUT2D eigenvalue weighted by Gasteiger charge is 2.34. The maximum atomic E-state index is 12.7. The highest BCUT2D eigenvalue weighted by molar-refractivity contribution is 8.15. The van der Waals surface area contributed by atoms with Gasteiger partial charge in [-0.25, -0.2) is 4.98 Å². The molecule has 0 atom stereocenters. The van der Waals surface area contributed by atoms with Crippen molar-refractivity contribution in [3.05, 3.63) is 29.6 Å². The number of hydrogen-bond acceptors (Lipinski definition) is 5. The molecule has 2 aromatic rings. The number of nitrogens with zero attached hydrogens (tertiary/aromatic N) is 3. The molecular formula is C12H8F3N5OS. The van der Waals surface area contributed by atoms with Crippen LogP contribution in [0.3, 0.4) is 0 Å². The van der Waals surface area contributed by atoms with Gasteiger partial charge in [0.05, 0.1) is 23.0 Å². The Morgan fingerprint density at radius 1 is 1.36 bits per heavy atom. The Morgan fingerprint density at radius 3 is 2.86 bits per heavy atom. The average Bonchev–Trinajstić information content (AvgIpc) is 3.05. The Balaban J connectivity index is 1.90. The van der Waals surface area contributed by atoms with Crippen LogP contribution in [0.1, 0.15) is 11.4 Å². The van der Waals surface area contributed by atoms with E-state index in [0.717, 1.165) is 0 Å². The van der Waals surface area contributed by atoms with Gasteiger partial charge in [-0.2, -0.15) is 18.3 Å². The van der Waals surface area contributed by atoms with E-state index < -0.39 is 12.0 Å². The zero-order valence-electron chi connectivity index (χ0n) is 10.8. The predicted octanol–water partition coefficient (Wildman–Crippen LogP) is 2.13. The van der Waals surface area contributed by atoms with E-state index in [2.05, 4.69) is 25.5 Å². The van der Waals surface area contributed by atoms with Crippen LogP contribution >= 0.6 is 11.8 Å². The topological polar surface area (TPSA) is 82.5 Å². The quantitative estimate of drug-likeness (QED) is 0.655. The van der Waals surface area contributed by atoms with Crippen molar-refractivity contribution in [1.29, 1.82) is 0 Å². The van der Waals surface area contributed by atoms with Gasteiger partial charge in [0.1, 0.15) is 0 Å². The van der Waals surface area contributed by atoms with E-state index in [1.54, 1.807) is 12.1 Å². The number of H-pyrrole nitrogens is 1. The zero-order chi connectivity index (χ0) is 15.7. The molecule has 1 amide bonds. The van der Waals surface area contributed by atoms with Crippen molar-refractivity contribution in [2.24, 2.45) is 10.2 Å². The fourth-order valence-electron chi connectivity index (χ4n) is 1.82. The molecule has 6 nitrogen and oxygen atoms in total. The third-order valence-corrected chi connectivity index (χ3v) is 3.61. The summed E-state index contributed by atoms with van der Waals surface area (Å²) in [4.78, 5) is 16.7. The van der Waals surface area contributed by atoms with Crippen molar-refractivity contribution >= 4 is 40.1 Å². The van der Waals surface area contributed by atoms with Crippen molar-refractivity contribution in [2.75, 3.05) is 5.75 Å². The number of amidine groups is 1. The number of thioether (sulfide) groups is 1. The number of para-hydroxylation sites is 1. The minimum atomic E-state index is -4.54. The van der Waals surface area contributed by atoms with Crippen LogP contribution in [-0.2, 0) is 11.0 Å². The summed E-state index contributed by atoms with van der Waals surface area (Å²) in [7, 11) is 0. The van der Waals surface area contributed by atoms with Crippen LogP contribution in [0, 0.1) is 0 Å². The van der Waals surface area contributed by atoms with E-state index in [-0.39, 0.29) is 22.7 Å². The Labute approximate surface area is 125 Å². The minimum absolute atomic E-state index is 0.155. The lowest BCUT2D eigenvalue weighted by Crippen LogP contribution is -2.19. The Hall–Kier alpha value is -2.36. The molecule has 0 radical (unpaired) electrons. The van der Waals surface area contributed by atoms with Crippen LogP contribution in [0.4, 0.5) is 13.2 Å². The van der Waals surface area contributed by atoms with E-state index in [0.29, 0.717) is 10.7 Å². The van der Waals surface area contributed by atoms with Gasteiger partial charge >= 0.3 is 6.18 Å². The molecule has 0 saturated carbocycles. The van der Waals surface area contributed by atoms with Crippen LogP contribution in [0.5, 0.6) is 0 Å². The number of carbonyl (C=O) groups is 1. The first-order valence-electron chi connectivity index (χ1n) is 6.03. The first-order chi connectivity index (χ1) is 10.4. The molecule has 1 aliphatic heterocycles. The summed E-state index contributed by atoms with van der Waals surface area (Å²) in [5, 5.41) is 10.4. The molecule has 22 heavy (non-hydrogen) atoms. The maximum Gasteiger partial charge on any atom is 0.449 e. The van der Waals surface area contributed by atoms with Gasteiger partial charge in [0.25, 0.3) is 0 Å². The number of amides is 1. The van der Waals surface area contributed by atoms with Crippen LogP contribution in [0.25, 0.3) is 11.0 Å². The van der Waals surface area contributed by atoms with Crippen LogP contribution in [0.15, 0.2) is 28.4 Å². The highest BCUT2D eigenvalue weighted by Crippen LogP contribution is 2.29. The van der Waals surface area contributed by atoms with Gasteiger partial charge in [0.15, 0.2) is 5.17 Å². The Kier molecular flexibility index (Phi) is 3.61. The van der Waals surface area contributed by atoms with Gasteiger partial charge in [-0.1, -0.05) is 23.9 Å². The van der Waals surface area contributed by atoms with Crippen LogP contribution < -0.4 is 5.32 Å². The minimum Gasteiger partial charge on any atom is -0.334 e. The van der Waals surface area contributed by atoms with Gasteiger partial charge in [-0.15, -0.1) is 5.10 Å². The molecule has 2 N–H and O–H groups in total. The number of benzene rings is 1. The molecule has 10 heteroatoms. The summed E-state index contributed by atoms with van der Waals surface area (Å²) >= 11 is 1.20. The van der Waals surface area contributed by atoms with E-state index >= 15 is 0 Å². The lowest BCUT2D eigenvalue weighted by molar-refractivity contribution is -0.144. The van der Waals surface area contributed by atoms with Crippen molar-refractivity contribution < 1.29 is 18.0 Å². The molecule has 1 aromatic carbocycles. The maximum absolute atomic E-state index is 12.7. The summed E-state index contributed by atoms with van der Waals surface area (Å²) in [6.45, 7) is 0. The molecule has 1 aromatic heterocycles. The first-order valence-corrected chi connectivity index (χ1v) is 7.01. The monoisotopic (exact) mass is 327 g/mol. The molecule has 0 spiro atoms. The van der Waals surface area contributed by atoms with Crippen molar-refractivity contribution in [1.82, 2.24) is 15.3 Å². The number of aromatic amines is 1. The smallest absolute Gasteiger partial charge is 0.334 e. The lowest BCUT2D eigenvalue weighted by atomic mass is 10.2. The molecular weight excluding hydrogens is 319 g/mol. The van der Waals surface area contributed by atoms with Gasteiger partial charge < -0.3 is 10.3 Å². The van der Waals surface area contributed by atoms with Gasteiger partial charge in [-0.05, 0) is 6.07 Å². The number of carbonyl (C=O) groups excluding carboxylic acids is 1. The van der Waals surface area contributed by atoms with Gasteiger partial charge in [-0.3, -0.25) is 4.79 Å².